The van der Waals surface area contributed by atoms with Crippen LogP contribution in [0, 0.1) is 10.1 Å². The van der Waals surface area contributed by atoms with Crippen molar-refractivity contribution in [3.05, 3.63) is 52.3 Å². The maximum absolute atomic E-state index is 10.5. The summed E-state index contributed by atoms with van der Waals surface area (Å²) >= 11 is 0. The molecule has 3 heterocycles. The van der Waals surface area contributed by atoms with Crippen LogP contribution < -0.4 is 5.43 Å². The van der Waals surface area contributed by atoms with E-state index >= 15 is 0 Å². The Hall–Kier alpha value is -3.82. The first-order valence-electron chi connectivity index (χ1n) is 6.85. The number of anilines is 1. The highest BCUT2D eigenvalue weighted by atomic mass is 16.6. The number of hydrogen-bond donors (Lipinski definition) is 2. The first kappa shape index (κ1) is 13.8. The largest absolute Gasteiger partial charge is 0.433 e. The standard InChI is InChI=1S/C14H9N7O3/c22-21(23)11-6-5-8(24-11)7-15-19-14-17-13-12(18-20-14)9-3-1-2-4-10(9)16-13/h1-7H,(H2,16,17,19,20). The molecular formula is C14H9N7O3. The van der Waals surface area contributed by atoms with Crippen LogP contribution in [-0.4, -0.2) is 31.3 Å². The number of fused-ring (bicyclic) bond motifs is 3. The van der Waals surface area contributed by atoms with Crippen molar-refractivity contribution in [2.45, 2.75) is 0 Å². The molecule has 1 aromatic carbocycles. The molecule has 0 bridgehead atoms. The SMILES string of the molecule is O=[N+]([O-])c1ccc(C=NNc2nnc3c(n2)[nH]c2ccccc23)o1. The first-order valence-corrected chi connectivity index (χ1v) is 6.85. The van der Waals surface area contributed by atoms with Gasteiger partial charge in [-0.05, 0) is 12.1 Å². The maximum Gasteiger partial charge on any atom is 0.433 e. The molecule has 0 atom stereocenters. The number of hydrogen-bond acceptors (Lipinski definition) is 8. The molecule has 0 saturated carbocycles. The zero-order valence-corrected chi connectivity index (χ0v) is 12.0. The van der Waals surface area contributed by atoms with E-state index in [1.165, 1.54) is 18.3 Å². The molecule has 0 spiro atoms. The predicted molar refractivity (Wildman–Crippen MR) is 85.8 cm³/mol. The lowest BCUT2D eigenvalue weighted by atomic mass is 10.2. The van der Waals surface area contributed by atoms with Crippen LogP contribution in [0.15, 0.2) is 45.9 Å². The Morgan fingerprint density at radius 1 is 1.25 bits per heavy atom. The molecule has 2 N–H and O–H groups in total. The van der Waals surface area contributed by atoms with Crippen molar-refractivity contribution in [2.75, 3.05) is 5.43 Å². The van der Waals surface area contributed by atoms with Gasteiger partial charge in [0.25, 0.3) is 5.95 Å². The van der Waals surface area contributed by atoms with Gasteiger partial charge >= 0.3 is 5.88 Å². The lowest BCUT2D eigenvalue weighted by Gasteiger charge is -1.96. The summed E-state index contributed by atoms with van der Waals surface area (Å²) < 4.78 is 4.94. The normalized spacial score (nSPS) is 11.5. The second-order valence-corrected chi connectivity index (χ2v) is 4.81. The fraction of sp³-hybridized carbons (Fsp3) is 0. The topological polar surface area (TPSA) is 135 Å². The monoisotopic (exact) mass is 323 g/mol. The molecule has 0 fully saturated rings. The van der Waals surface area contributed by atoms with Crippen LogP contribution >= 0.6 is 0 Å². The van der Waals surface area contributed by atoms with Crippen LogP contribution in [-0.2, 0) is 0 Å². The fourth-order valence-corrected chi connectivity index (χ4v) is 2.23. The quantitative estimate of drug-likeness (QED) is 0.334. The van der Waals surface area contributed by atoms with Gasteiger partial charge in [-0.15, -0.1) is 10.2 Å². The zero-order valence-electron chi connectivity index (χ0n) is 12.0. The van der Waals surface area contributed by atoms with Crippen LogP contribution in [0.4, 0.5) is 11.8 Å². The number of furan rings is 1. The van der Waals surface area contributed by atoms with Crippen molar-refractivity contribution < 1.29 is 9.34 Å². The molecule has 24 heavy (non-hydrogen) atoms. The van der Waals surface area contributed by atoms with Crippen LogP contribution in [0.5, 0.6) is 0 Å². The summed E-state index contributed by atoms with van der Waals surface area (Å²) in [6.45, 7) is 0. The Bertz CT molecular complexity index is 1080. The summed E-state index contributed by atoms with van der Waals surface area (Å²) in [5.74, 6) is 0.0640. The minimum absolute atomic E-state index is 0.186. The number of nitrogens with one attached hydrogen (secondary N) is 2. The van der Waals surface area contributed by atoms with E-state index in [1.54, 1.807) is 0 Å². The van der Waals surface area contributed by atoms with Crippen molar-refractivity contribution in [3.8, 4) is 0 Å². The molecular weight excluding hydrogens is 314 g/mol. The summed E-state index contributed by atoms with van der Waals surface area (Å²) in [4.78, 5) is 17.3. The highest BCUT2D eigenvalue weighted by molar-refractivity contribution is 6.03. The van der Waals surface area contributed by atoms with Gasteiger partial charge in [0.2, 0.25) is 0 Å². The molecule has 0 radical (unpaired) electrons. The van der Waals surface area contributed by atoms with Crippen LogP contribution in [0.2, 0.25) is 0 Å². The average molecular weight is 323 g/mol. The van der Waals surface area contributed by atoms with E-state index < -0.39 is 4.92 Å². The predicted octanol–water partition coefficient (Wildman–Crippen LogP) is 2.45. The van der Waals surface area contributed by atoms with Gasteiger partial charge in [-0.25, -0.2) is 5.43 Å². The van der Waals surface area contributed by atoms with Crippen molar-refractivity contribution in [2.24, 2.45) is 5.10 Å². The van der Waals surface area contributed by atoms with Gasteiger partial charge in [0.15, 0.2) is 11.4 Å². The minimum atomic E-state index is -0.623. The molecule has 4 aromatic rings. The molecule has 0 unspecified atom stereocenters. The van der Waals surface area contributed by atoms with E-state index in [0.717, 1.165) is 10.9 Å². The molecule has 0 aliphatic heterocycles. The molecule has 4 rings (SSSR count). The Morgan fingerprint density at radius 3 is 2.96 bits per heavy atom. The highest BCUT2D eigenvalue weighted by Crippen LogP contribution is 2.21. The van der Waals surface area contributed by atoms with Gasteiger partial charge in [0.1, 0.15) is 10.4 Å². The van der Waals surface area contributed by atoms with Crippen molar-refractivity contribution in [3.63, 3.8) is 0 Å². The second-order valence-electron chi connectivity index (χ2n) is 4.81. The number of H-pyrrole nitrogens is 1. The number of para-hydroxylation sites is 1. The molecule has 0 aliphatic rings. The van der Waals surface area contributed by atoms with Crippen LogP contribution in [0.3, 0.4) is 0 Å². The summed E-state index contributed by atoms with van der Waals surface area (Å²) in [6.07, 6.45) is 1.28. The summed E-state index contributed by atoms with van der Waals surface area (Å²) in [7, 11) is 0. The summed E-state index contributed by atoms with van der Waals surface area (Å²) in [6, 6.07) is 10.4. The van der Waals surface area contributed by atoms with Gasteiger partial charge in [-0.3, -0.25) is 10.1 Å². The van der Waals surface area contributed by atoms with E-state index in [0.29, 0.717) is 11.2 Å². The third-order valence-electron chi connectivity index (χ3n) is 3.27. The minimum Gasteiger partial charge on any atom is -0.400 e. The first-order chi connectivity index (χ1) is 11.7. The Balaban J connectivity index is 1.56. The van der Waals surface area contributed by atoms with E-state index in [1.807, 2.05) is 24.3 Å². The third kappa shape index (κ3) is 2.41. The van der Waals surface area contributed by atoms with E-state index in [4.69, 9.17) is 4.42 Å². The number of benzene rings is 1. The van der Waals surface area contributed by atoms with Gasteiger partial charge in [0.05, 0.1) is 12.3 Å². The molecule has 10 nitrogen and oxygen atoms in total. The lowest BCUT2D eigenvalue weighted by molar-refractivity contribution is -0.402. The number of aromatic nitrogens is 4. The molecule has 10 heteroatoms. The van der Waals surface area contributed by atoms with E-state index in [2.05, 4.69) is 30.7 Å². The number of nitrogens with zero attached hydrogens (tertiary/aromatic N) is 5. The number of nitro groups is 1. The fourth-order valence-electron chi connectivity index (χ4n) is 2.23. The maximum atomic E-state index is 10.5. The third-order valence-corrected chi connectivity index (χ3v) is 3.27. The molecule has 0 saturated heterocycles. The van der Waals surface area contributed by atoms with Gasteiger partial charge in [0, 0.05) is 10.9 Å². The molecule has 0 aliphatic carbocycles. The Morgan fingerprint density at radius 2 is 2.12 bits per heavy atom. The Kier molecular flexibility index (Phi) is 3.12. The van der Waals surface area contributed by atoms with Gasteiger partial charge in [-0.2, -0.15) is 10.1 Å². The van der Waals surface area contributed by atoms with Crippen LogP contribution in [0.25, 0.3) is 22.1 Å². The molecule has 0 amide bonds. The highest BCUT2D eigenvalue weighted by Gasteiger charge is 2.10. The summed E-state index contributed by atoms with van der Waals surface area (Å²) in [5.41, 5.74) is 4.77. The van der Waals surface area contributed by atoms with Crippen molar-refractivity contribution in [1.29, 1.82) is 0 Å². The lowest BCUT2D eigenvalue weighted by Crippen LogP contribution is -1.98. The van der Waals surface area contributed by atoms with Gasteiger partial charge in [-0.1, -0.05) is 18.2 Å². The number of aromatic amines is 1. The van der Waals surface area contributed by atoms with Crippen molar-refractivity contribution in [1.82, 2.24) is 20.2 Å². The number of rotatable bonds is 4. The van der Waals surface area contributed by atoms with Crippen molar-refractivity contribution >= 4 is 40.1 Å². The summed E-state index contributed by atoms with van der Waals surface area (Å²) in [5, 5.41) is 23.4. The second kappa shape index (κ2) is 5.43. The van der Waals surface area contributed by atoms with E-state index in [-0.39, 0.29) is 17.6 Å². The molecule has 118 valence electrons. The zero-order chi connectivity index (χ0) is 16.5. The van der Waals surface area contributed by atoms with E-state index in [9.17, 15) is 10.1 Å². The molecule has 3 aromatic heterocycles. The van der Waals surface area contributed by atoms with Gasteiger partial charge < -0.3 is 9.40 Å². The number of hydrazone groups is 1. The average Bonchev–Trinajstić information content (AvgIpc) is 3.19. The Labute approximate surface area is 133 Å². The van der Waals surface area contributed by atoms with Crippen LogP contribution in [0.1, 0.15) is 5.76 Å². The smallest absolute Gasteiger partial charge is 0.400 e.